The first-order valence-electron chi connectivity index (χ1n) is 7.47. The van der Waals surface area contributed by atoms with Crippen LogP contribution in [0.5, 0.6) is 0 Å². The maximum Gasteiger partial charge on any atom is 0.241 e. The van der Waals surface area contributed by atoms with Crippen molar-refractivity contribution in [3.63, 3.8) is 0 Å². The van der Waals surface area contributed by atoms with Crippen molar-refractivity contribution in [2.75, 3.05) is 5.32 Å². The van der Waals surface area contributed by atoms with E-state index in [9.17, 15) is 8.42 Å². The first-order valence-corrected chi connectivity index (χ1v) is 8.95. The molecule has 0 spiro atoms. The molecule has 0 atom stereocenters. The third-order valence-corrected chi connectivity index (χ3v) is 4.91. The molecule has 2 rings (SSSR count). The molecule has 1 aromatic carbocycles. The molecule has 0 fully saturated rings. The van der Waals surface area contributed by atoms with Crippen molar-refractivity contribution in [2.45, 2.75) is 44.7 Å². The van der Waals surface area contributed by atoms with Crippen molar-refractivity contribution >= 4 is 15.8 Å². The summed E-state index contributed by atoms with van der Waals surface area (Å²) in [5.41, 5.74) is 1.08. The third-order valence-electron chi connectivity index (χ3n) is 3.05. The highest BCUT2D eigenvalue weighted by Gasteiger charge is 2.24. The normalized spacial score (nSPS) is 12.2. The van der Waals surface area contributed by atoms with Crippen LogP contribution in [0.25, 0.3) is 0 Å². The molecule has 2 N–H and O–H groups in total. The lowest BCUT2D eigenvalue weighted by molar-refractivity contribution is 0.491. The van der Waals surface area contributed by atoms with Crippen molar-refractivity contribution in [1.29, 1.82) is 0 Å². The molecular formula is C17H23N3O2S. The number of nitrogens with one attached hydrogen (secondary N) is 2. The maximum absolute atomic E-state index is 12.6. The number of anilines is 1. The van der Waals surface area contributed by atoms with E-state index in [0.717, 1.165) is 11.5 Å². The van der Waals surface area contributed by atoms with Gasteiger partial charge in [-0.3, -0.25) is 0 Å². The van der Waals surface area contributed by atoms with Crippen LogP contribution >= 0.6 is 0 Å². The lowest BCUT2D eigenvalue weighted by Gasteiger charge is -2.21. The summed E-state index contributed by atoms with van der Waals surface area (Å²) in [5.74, 6) is 0.723. The van der Waals surface area contributed by atoms with Crippen LogP contribution in [-0.2, 0) is 16.6 Å². The van der Waals surface area contributed by atoms with E-state index in [1.54, 1.807) is 18.2 Å². The molecule has 0 bridgehead atoms. The number of hydrogen-bond acceptors (Lipinski definition) is 4. The Hall–Kier alpha value is -1.92. The van der Waals surface area contributed by atoms with E-state index >= 15 is 0 Å². The van der Waals surface area contributed by atoms with Gasteiger partial charge in [0.25, 0.3) is 0 Å². The highest BCUT2D eigenvalue weighted by atomic mass is 32.2. The first kappa shape index (κ1) is 17.4. The first-order chi connectivity index (χ1) is 10.7. The van der Waals surface area contributed by atoms with Crippen LogP contribution in [-0.4, -0.2) is 18.9 Å². The largest absolute Gasteiger partial charge is 0.366 e. The van der Waals surface area contributed by atoms with Crippen molar-refractivity contribution < 1.29 is 8.42 Å². The van der Waals surface area contributed by atoms with Gasteiger partial charge in [-0.15, -0.1) is 0 Å². The zero-order chi connectivity index (χ0) is 17.1. The van der Waals surface area contributed by atoms with Gasteiger partial charge in [0, 0.05) is 17.8 Å². The average molecular weight is 333 g/mol. The van der Waals surface area contributed by atoms with Crippen LogP contribution < -0.4 is 10.0 Å². The van der Waals surface area contributed by atoms with E-state index in [1.807, 2.05) is 52.0 Å². The van der Waals surface area contributed by atoms with Crippen molar-refractivity contribution in [1.82, 2.24) is 9.71 Å². The highest BCUT2D eigenvalue weighted by molar-refractivity contribution is 7.89. The molecule has 6 heteroatoms. The predicted molar refractivity (Wildman–Crippen MR) is 92.8 cm³/mol. The van der Waals surface area contributed by atoms with Crippen LogP contribution in [0.2, 0.25) is 0 Å². The summed E-state index contributed by atoms with van der Waals surface area (Å²) in [6, 6.07) is 12.7. The second-order valence-electron chi connectivity index (χ2n) is 6.48. The molecule has 0 aliphatic rings. The molecule has 0 saturated heterocycles. The molecule has 0 aliphatic heterocycles. The van der Waals surface area contributed by atoms with Gasteiger partial charge in [0.2, 0.25) is 10.0 Å². The zero-order valence-corrected chi connectivity index (χ0v) is 14.7. The lowest BCUT2D eigenvalue weighted by atomic mass is 10.1. The number of aryl methyl sites for hydroxylation is 1. The van der Waals surface area contributed by atoms with E-state index in [4.69, 9.17) is 0 Å². The van der Waals surface area contributed by atoms with Crippen molar-refractivity contribution in [3.05, 3.63) is 53.7 Å². The van der Waals surface area contributed by atoms with E-state index in [-0.39, 0.29) is 4.90 Å². The van der Waals surface area contributed by atoms with Crippen molar-refractivity contribution in [3.8, 4) is 0 Å². The Labute approximate surface area is 138 Å². The molecule has 1 aromatic heterocycles. The van der Waals surface area contributed by atoms with E-state index < -0.39 is 15.6 Å². The van der Waals surface area contributed by atoms with Crippen LogP contribution in [0, 0.1) is 6.92 Å². The Morgan fingerprint density at radius 2 is 1.74 bits per heavy atom. The molecule has 1 heterocycles. The number of aromatic nitrogens is 1. The summed E-state index contributed by atoms with van der Waals surface area (Å²) in [7, 11) is -3.57. The molecule has 2 aromatic rings. The number of benzene rings is 1. The fraction of sp³-hybridized carbons (Fsp3) is 0.353. The van der Waals surface area contributed by atoms with E-state index in [2.05, 4.69) is 15.0 Å². The Bertz CT molecular complexity index is 780. The maximum atomic E-state index is 12.6. The Kier molecular flexibility index (Phi) is 5.06. The Balaban J connectivity index is 2.24. The summed E-state index contributed by atoms with van der Waals surface area (Å²) in [4.78, 5) is 4.65. The van der Waals surface area contributed by atoms with Crippen LogP contribution in [0.3, 0.4) is 0 Å². The highest BCUT2D eigenvalue weighted by Crippen LogP contribution is 2.19. The minimum Gasteiger partial charge on any atom is -0.366 e. The fourth-order valence-electron chi connectivity index (χ4n) is 2.20. The number of nitrogens with zero attached hydrogens (tertiary/aromatic N) is 1. The van der Waals surface area contributed by atoms with Gasteiger partial charge in [0.15, 0.2) is 0 Å². The van der Waals surface area contributed by atoms with Gasteiger partial charge in [-0.1, -0.05) is 24.3 Å². The molecule has 0 aliphatic carbocycles. The second kappa shape index (κ2) is 6.68. The van der Waals surface area contributed by atoms with Gasteiger partial charge in [-0.05, 0) is 51.5 Å². The second-order valence-corrected chi connectivity index (χ2v) is 8.13. The third kappa shape index (κ3) is 5.04. The van der Waals surface area contributed by atoms with Gasteiger partial charge in [0.1, 0.15) is 5.82 Å². The van der Waals surface area contributed by atoms with Gasteiger partial charge in [-0.25, -0.2) is 18.1 Å². The molecule has 0 amide bonds. The van der Waals surface area contributed by atoms with E-state index in [1.165, 1.54) is 0 Å². The van der Waals surface area contributed by atoms with Gasteiger partial charge in [0.05, 0.1) is 4.90 Å². The number of pyridine rings is 1. The fourth-order valence-corrected chi connectivity index (χ4v) is 3.86. The minimum atomic E-state index is -3.57. The molecule has 0 saturated carbocycles. The van der Waals surface area contributed by atoms with Gasteiger partial charge in [-0.2, -0.15) is 0 Å². The predicted octanol–water partition coefficient (Wildman–Crippen LogP) is 3.08. The molecule has 23 heavy (non-hydrogen) atoms. The van der Waals surface area contributed by atoms with Crippen LogP contribution in [0.4, 0.5) is 5.82 Å². The smallest absolute Gasteiger partial charge is 0.241 e. The average Bonchev–Trinajstić information content (AvgIpc) is 2.43. The molecule has 0 radical (unpaired) electrons. The van der Waals surface area contributed by atoms with Gasteiger partial charge >= 0.3 is 0 Å². The van der Waals surface area contributed by atoms with Crippen LogP contribution in [0.15, 0.2) is 47.4 Å². The standard InChI is InChI=1S/C17H23N3O2S/c1-13-8-7-11-16(19-13)18-12-14-9-5-6-10-15(14)23(21,22)20-17(2,3)4/h5-11,20H,12H2,1-4H3,(H,18,19). The van der Waals surface area contributed by atoms with E-state index in [0.29, 0.717) is 12.1 Å². The number of sulfonamides is 1. The SMILES string of the molecule is Cc1cccc(NCc2ccccc2S(=O)(=O)NC(C)(C)C)n1. The Morgan fingerprint density at radius 3 is 2.39 bits per heavy atom. The van der Waals surface area contributed by atoms with Crippen molar-refractivity contribution in [2.24, 2.45) is 0 Å². The summed E-state index contributed by atoms with van der Waals surface area (Å²) >= 11 is 0. The molecule has 0 unspecified atom stereocenters. The molecular weight excluding hydrogens is 310 g/mol. The summed E-state index contributed by atoms with van der Waals surface area (Å²) < 4.78 is 27.8. The van der Waals surface area contributed by atoms with Crippen LogP contribution in [0.1, 0.15) is 32.0 Å². The topological polar surface area (TPSA) is 71.1 Å². The number of rotatable bonds is 5. The summed E-state index contributed by atoms with van der Waals surface area (Å²) in [5, 5.41) is 3.17. The minimum absolute atomic E-state index is 0.287. The Morgan fingerprint density at radius 1 is 1.04 bits per heavy atom. The lowest BCUT2D eigenvalue weighted by Crippen LogP contribution is -2.40. The zero-order valence-electron chi connectivity index (χ0n) is 13.9. The quantitative estimate of drug-likeness (QED) is 0.882. The van der Waals surface area contributed by atoms with Gasteiger partial charge < -0.3 is 5.32 Å². The summed E-state index contributed by atoms with van der Waals surface area (Å²) in [6.07, 6.45) is 0. The molecule has 124 valence electrons. The summed E-state index contributed by atoms with van der Waals surface area (Å²) in [6.45, 7) is 7.76. The monoisotopic (exact) mass is 333 g/mol. The number of hydrogen-bond donors (Lipinski definition) is 2. The molecule has 5 nitrogen and oxygen atoms in total.